The van der Waals surface area contributed by atoms with Crippen LogP contribution in [0.3, 0.4) is 0 Å². The molecule has 0 saturated carbocycles. The first-order valence-corrected chi connectivity index (χ1v) is 1.51. The average Bonchev–Trinajstić information content (AvgIpc) is 2.62. The van der Waals surface area contributed by atoms with Gasteiger partial charge in [0, 0.05) is 0 Å². The number of hydrazine groups is 1. The zero-order valence-corrected chi connectivity index (χ0v) is 5.24. The van der Waals surface area contributed by atoms with Gasteiger partial charge in [0.05, 0.1) is 0 Å². The molecule has 1 aliphatic rings. The maximum absolute atomic E-state index is 7.50. The van der Waals surface area contributed by atoms with Gasteiger partial charge in [-0.15, -0.1) is 0 Å². The van der Waals surface area contributed by atoms with E-state index in [0.717, 1.165) is 0 Å². The average molecular weight is 156 g/mol. The molecule has 10 heavy (non-hydrogen) atoms. The van der Waals surface area contributed by atoms with Crippen molar-refractivity contribution in [2.75, 3.05) is 0 Å². The second-order valence-corrected chi connectivity index (χ2v) is 0.561. The van der Waals surface area contributed by atoms with E-state index in [1.807, 2.05) is 0 Å². The van der Waals surface area contributed by atoms with E-state index in [-0.39, 0.29) is 11.6 Å². The van der Waals surface area contributed by atoms with Crippen LogP contribution < -0.4 is 23.6 Å². The summed E-state index contributed by atoms with van der Waals surface area (Å²) in [5, 5.41) is 0. The van der Waals surface area contributed by atoms with Gasteiger partial charge in [-0.1, -0.05) is 0 Å². The Balaban J connectivity index is -0.0000000275. The van der Waals surface area contributed by atoms with Crippen molar-refractivity contribution >= 4 is 0 Å². The fraction of sp³-hybridized carbons (Fsp3) is 0.500. The van der Waals surface area contributed by atoms with E-state index >= 15 is 0 Å². The first kappa shape index (κ1) is 22.7. The summed E-state index contributed by atoms with van der Waals surface area (Å²) in [5.41, 5.74) is 4.78. The topological polar surface area (TPSA) is 190 Å². The summed E-state index contributed by atoms with van der Waals surface area (Å²) >= 11 is 0. The summed E-state index contributed by atoms with van der Waals surface area (Å²) < 4.78 is 7.50. The molecule has 0 aromatic carbocycles. The number of hydrogen-bond acceptors (Lipinski definition) is 6. The summed E-state index contributed by atoms with van der Waals surface area (Å²) in [6.07, 6.45) is -0.417. The monoisotopic (exact) mass is 156 g/mol. The minimum atomic E-state index is -0.417. The van der Waals surface area contributed by atoms with E-state index in [0.29, 0.717) is 0 Å². The van der Waals surface area contributed by atoms with Crippen LogP contribution in [0, 0.1) is 6.65 Å². The standard InChI is InChI=1S/CH3NO2.CO.H4N2.H3N.H2O/c2-1-3-4-1;2*1-2;;/h1H,2H2;;1-2H2;1H3;1H2. The Hall–Kier alpha value is -0.540. The molecule has 0 aromatic heterocycles. The summed E-state index contributed by atoms with van der Waals surface area (Å²) in [7, 11) is 0. The van der Waals surface area contributed by atoms with E-state index in [1.54, 1.807) is 0 Å². The zero-order chi connectivity index (χ0) is 6.99. The van der Waals surface area contributed by atoms with Gasteiger partial charge in [0.2, 0.25) is 0 Å². The van der Waals surface area contributed by atoms with Crippen LogP contribution in [0.1, 0.15) is 0 Å². The van der Waals surface area contributed by atoms with Gasteiger partial charge in [0.1, 0.15) is 0 Å². The predicted octanol–water partition coefficient (Wildman–Crippen LogP) is -2.69. The Morgan fingerprint density at radius 3 is 1.30 bits per heavy atom. The molecule has 1 saturated heterocycles. The van der Waals surface area contributed by atoms with E-state index < -0.39 is 6.41 Å². The van der Waals surface area contributed by atoms with Crippen LogP contribution in [0.5, 0.6) is 0 Å². The van der Waals surface area contributed by atoms with Gasteiger partial charge in [-0.3, -0.25) is 17.4 Å². The van der Waals surface area contributed by atoms with Crippen LogP contribution in [-0.4, -0.2) is 11.9 Å². The zero-order valence-electron chi connectivity index (χ0n) is 5.24. The molecule has 1 fully saturated rings. The van der Waals surface area contributed by atoms with Gasteiger partial charge in [-0.05, 0) is 0 Å². The van der Waals surface area contributed by atoms with Crippen molar-refractivity contribution in [3.63, 3.8) is 0 Å². The SMILES string of the molecule is N.NC1OO1.NN.O.[C-]#[O+]. The van der Waals surface area contributed by atoms with Crippen molar-refractivity contribution in [1.82, 2.24) is 6.15 Å². The third-order valence-electron chi connectivity index (χ3n) is 0.207. The molecule has 0 bridgehead atoms. The Labute approximate surface area is 57.8 Å². The first-order chi connectivity index (χ1) is 3.89. The molecule has 0 amide bonds. The second-order valence-electron chi connectivity index (χ2n) is 0.561. The molecule has 64 valence electrons. The van der Waals surface area contributed by atoms with Crippen molar-refractivity contribution in [3.05, 3.63) is 6.65 Å². The molecule has 0 spiro atoms. The Kier molecular flexibility index (Phi) is 53.8. The Bertz CT molecular complexity index is 54.5. The second kappa shape index (κ2) is 23.7. The van der Waals surface area contributed by atoms with Crippen LogP contribution in [-0.2, 0) is 14.4 Å². The van der Waals surface area contributed by atoms with Crippen molar-refractivity contribution in [2.24, 2.45) is 17.4 Å². The van der Waals surface area contributed by atoms with Crippen molar-refractivity contribution in [3.8, 4) is 0 Å². The fourth-order valence-corrected chi connectivity index (χ4v) is 0.0321. The quantitative estimate of drug-likeness (QED) is 0.0736. The van der Waals surface area contributed by atoms with Gasteiger partial charge in [0.15, 0.2) is 0 Å². The van der Waals surface area contributed by atoms with E-state index in [2.05, 4.69) is 28.1 Å². The molecule has 8 nitrogen and oxygen atoms in total. The van der Waals surface area contributed by atoms with Crippen molar-refractivity contribution in [1.29, 1.82) is 0 Å². The molecule has 1 heterocycles. The van der Waals surface area contributed by atoms with Crippen LogP contribution in [0.25, 0.3) is 0 Å². The minimum absolute atomic E-state index is 0. The fourth-order valence-electron chi connectivity index (χ4n) is 0.0321. The predicted molar refractivity (Wildman–Crippen MR) is 31.1 cm³/mol. The summed E-state index contributed by atoms with van der Waals surface area (Å²) in [6.45, 7) is 4.50. The van der Waals surface area contributed by atoms with Crippen LogP contribution in [0.2, 0.25) is 0 Å². The van der Waals surface area contributed by atoms with Crippen LogP contribution in [0.4, 0.5) is 0 Å². The maximum atomic E-state index is 7.50. The van der Waals surface area contributed by atoms with E-state index in [4.69, 9.17) is 10.4 Å². The van der Waals surface area contributed by atoms with Gasteiger partial charge < -0.3 is 11.6 Å². The Morgan fingerprint density at radius 1 is 1.20 bits per heavy atom. The molecule has 0 atom stereocenters. The van der Waals surface area contributed by atoms with Gasteiger partial charge in [-0.2, -0.15) is 9.78 Å². The molecule has 0 aliphatic carbocycles. The molecule has 0 unspecified atom stereocenters. The molecule has 1 aliphatic heterocycles. The molecule has 1 rings (SSSR count). The molecule has 0 aromatic rings. The number of rotatable bonds is 0. The van der Waals surface area contributed by atoms with Crippen LogP contribution >= 0.6 is 0 Å². The molecular formula is C2H12N4O4. The summed E-state index contributed by atoms with van der Waals surface area (Å²) in [5.74, 6) is 8.00. The number of hydrogen-bond donors (Lipinski definition) is 4. The normalized spacial score (nSPS) is 11.3. The number of nitrogens with two attached hydrogens (primary N) is 3. The molecule has 0 radical (unpaired) electrons. The van der Waals surface area contributed by atoms with Gasteiger partial charge in [0.25, 0.3) is 6.41 Å². The molecule has 8 heteroatoms. The van der Waals surface area contributed by atoms with Crippen molar-refractivity contribution in [2.45, 2.75) is 6.41 Å². The summed E-state index contributed by atoms with van der Waals surface area (Å²) in [6, 6.07) is 0. The van der Waals surface area contributed by atoms with Crippen LogP contribution in [0.15, 0.2) is 0 Å². The van der Waals surface area contributed by atoms with Crippen molar-refractivity contribution < 1.29 is 19.9 Å². The summed E-state index contributed by atoms with van der Waals surface area (Å²) in [4.78, 5) is 7.97. The Morgan fingerprint density at radius 2 is 1.30 bits per heavy atom. The first-order valence-electron chi connectivity index (χ1n) is 1.51. The van der Waals surface area contributed by atoms with Gasteiger partial charge in [-0.25, -0.2) is 0 Å². The van der Waals surface area contributed by atoms with Gasteiger partial charge >= 0.3 is 11.3 Å². The van der Waals surface area contributed by atoms with E-state index in [1.165, 1.54) is 0 Å². The molecule has 11 N–H and O–H groups in total. The third kappa shape index (κ3) is 51.4. The van der Waals surface area contributed by atoms with E-state index in [9.17, 15) is 0 Å². The third-order valence-corrected chi connectivity index (χ3v) is 0.207. The molecular weight excluding hydrogens is 144 g/mol.